The standard InChI is InChI=1S/C13H27N3O2S.ClH/c1-12-5-8-15(9-6-12)19(17,18)16-7-3-4-13(11-16)10-14-2;/h12-14H,3-11H2,1-2H3;1H. The van der Waals surface area contributed by atoms with Gasteiger partial charge in [-0.05, 0) is 51.1 Å². The SMILES string of the molecule is CNCC1CCCN(S(=O)(=O)N2CCC(C)CC2)C1.Cl. The molecule has 0 saturated carbocycles. The van der Waals surface area contributed by atoms with Crippen LogP contribution in [0.5, 0.6) is 0 Å². The average Bonchev–Trinajstić information content (AvgIpc) is 2.40. The maximum absolute atomic E-state index is 12.6. The molecule has 1 unspecified atom stereocenters. The van der Waals surface area contributed by atoms with Crippen LogP contribution in [0.3, 0.4) is 0 Å². The Bertz CT molecular complexity index is 381. The van der Waals surface area contributed by atoms with Crippen molar-refractivity contribution in [1.29, 1.82) is 0 Å². The van der Waals surface area contributed by atoms with Crippen LogP contribution in [0.4, 0.5) is 0 Å². The Morgan fingerprint density at radius 2 is 1.75 bits per heavy atom. The molecule has 0 spiro atoms. The molecule has 0 radical (unpaired) electrons. The molecule has 2 rings (SSSR count). The van der Waals surface area contributed by atoms with E-state index in [2.05, 4.69) is 12.2 Å². The first-order chi connectivity index (χ1) is 9.04. The van der Waals surface area contributed by atoms with E-state index in [0.717, 1.165) is 32.2 Å². The van der Waals surface area contributed by atoms with Gasteiger partial charge in [-0.15, -0.1) is 12.4 Å². The van der Waals surface area contributed by atoms with E-state index in [1.807, 2.05) is 7.05 Å². The van der Waals surface area contributed by atoms with Crippen molar-refractivity contribution in [2.24, 2.45) is 11.8 Å². The van der Waals surface area contributed by atoms with Crippen LogP contribution < -0.4 is 5.32 Å². The molecule has 2 heterocycles. The summed E-state index contributed by atoms with van der Waals surface area (Å²) in [5.74, 6) is 1.11. The third-order valence-electron chi connectivity index (χ3n) is 4.37. The van der Waals surface area contributed by atoms with E-state index in [0.29, 0.717) is 38.0 Å². The van der Waals surface area contributed by atoms with Crippen LogP contribution in [0, 0.1) is 11.8 Å². The Hall–Kier alpha value is 0.120. The quantitative estimate of drug-likeness (QED) is 0.848. The Morgan fingerprint density at radius 1 is 1.10 bits per heavy atom. The molecule has 0 aromatic heterocycles. The van der Waals surface area contributed by atoms with Gasteiger partial charge in [-0.1, -0.05) is 6.92 Å². The predicted molar refractivity (Wildman–Crippen MR) is 84.4 cm³/mol. The molecular weight excluding hydrogens is 298 g/mol. The van der Waals surface area contributed by atoms with E-state index >= 15 is 0 Å². The summed E-state index contributed by atoms with van der Waals surface area (Å²) in [6.45, 7) is 5.86. The van der Waals surface area contributed by atoms with Gasteiger partial charge in [0.1, 0.15) is 0 Å². The molecule has 1 N–H and O–H groups in total. The number of hydrogen-bond acceptors (Lipinski definition) is 3. The normalized spacial score (nSPS) is 27.2. The minimum Gasteiger partial charge on any atom is -0.319 e. The highest BCUT2D eigenvalue weighted by Crippen LogP contribution is 2.24. The van der Waals surface area contributed by atoms with Crippen LogP contribution in [-0.2, 0) is 10.2 Å². The van der Waals surface area contributed by atoms with E-state index < -0.39 is 10.2 Å². The van der Waals surface area contributed by atoms with E-state index in [4.69, 9.17) is 0 Å². The van der Waals surface area contributed by atoms with Gasteiger partial charge in [0.2, 0.25) is 0 Å². The lowest BCUT2D eigenvalue weighted by Gasteiger charge is -2.37. The monoisotopic (exact) mass is 325 g/mol. The third kappa shape index (κ3) is 4.31. The summed E-state index contributed by atoms with van der Waals surface area (Å²) in [7, 11) is -1.29. The van der Waals surface area contributed by atoms with Gasteiger partial charge in [-0.2, -0.15) is 17.0 Å². The molecule has 5 nitrogen and oxygen atoms in total. The predicted octanol–water partition coefficient (Wildman–Crippen LogP) is 1.32. The highest BCUT2D eigenvalue weighted by molar-refractivity contribution is 7.86. The van der Waals surface area contributed by atoms with Gasteiger partial charge in [0.25, 0.3) is 10.2 Å². The van der Waals surface area contributed by atoms with E-state index in [-0.39, 0.29) is 12.4 Å². The summed E-state index contributed by atoms with van der Waals surface area (Å²) in [6, 6.07) is 0. The summed E-state index contributed by atoms with van der Waals surface area (Å²) in [4.78, 5) is 0. The van der Waals surface area contributed by atoms with Crippen LogP contribution in [0.25, 0.3) is 0 Å². The van der Waals surface area contributed by atoms with Crippen molar-refractivity contribution in [3.8, 4) is 0 Å². The zero-order valence-corrected chi connectivity index (χ0v) is 14.2. The first kappa shape index (κ1) is 18.2. The first-order valence-electron chi connectivity index (χ1n) is 7.44. The van der Waals surface area contributed by atoms with Gasteiger partial charge in [0.15, 0.2) is 0 Å². The summed E-state index contributed by atoms with van der Waals surface area (Å²) < 4.78 is 28.6. The fraction of sp³-hybridized carbons (Fsp3) is 1.00. The molecule has 0 bridgehead atoms. The van der Waals surface area contributed by atoms with Gasteiger partial charge < -0.3 is 5.32 Å². The lowest BCUT2D eigenvalue weighted by Crippen LogP contribution is -2.50. The summed E-state index contributed by atoms with van der Waals surface area (Å²) in [5.41, 5.74) is 0. The Balaban J connectivity index is 0.00000200. The van der Waals surface area contributed by atoms with Crippen molar-refractivity contribution in [3.05, 3.63) is 0 Å². The fourth-order valence-electron chi connectivity index (χ4n) is 3.07. The Labute approximate surface area is 129 Å². The second-order valence-corrected chi connectivity index (χ2v) is 7.94. The highest BCUT2D eigenvalue weighted by atomic mass is 35.5. The number of hydrogen-bond donors (Lipinski definition) is 1. The van der Waals surface area contributed by atoms with Gasteiger partial charge in [-0.25, -0.2) is 0 Å². The molecule has 0 aromatic rings. The van der Waals surface area contributed by atoms with Crippen molar-refractivity contribution in [1.82, 2.24) is 13.9 Å². The van der Waals surface area contributed by atoms with Crippen molar-refractivity contribution in [2.45, 2.75) is 32.6 Å². The molecule has 1 atom stereocenters. The fourth-order valence-corrected chi connectivity index (χ4v) is 4.83. The van der Waals surface area contributed by atoms with Crippen LogP contribution in [0.1, 0.15) is 32.6 Å². The second-order valence-electron chi connectivity index (χ2n) is 6.01. The Morgan fingerprint density at radius 3 is 2.35 bits per heavy atom. The molecule has 2 saturated heterocycles. The number of halogens is 1. The summed E-state index contributed by atoms with van der Waals surface area (Å²) in [6.07, 6.45) is 4.10. The number of piperidine rings is 2. The minimum atomic E-state index is -3.22. The van der Waals surface area contributed by atoms with Crippen LogP contribution in [0.15, 0.2) is 0 Å². The first-order valence-corrected chi connectivity index (χ1v) is 8.83. The maximum Gasteiger partial charge on any atom is 0.281 e. The molecule has 2 aliphatic rings. The van der Waals surface area contributed by atoms with Crippen LogP contribution in [0.2, 0.25) is 0 Å². The third-order valence-corrected chi connectivity index (χ3v) is 6.37. The number of nitrogens with one attached hydrogen (secondary N) is 1. The lowest BCUT2D eigenvalue weighted by molar-refractivity contribution is 0.225. The van der Waals surface area contributed by atoms with Crippen molar-refractivity contribution in [3.63, 3.8) is 0 Å². The van der Waals surface area contributed by atoms with E-state index in [1.54, 1.807) is 8.61 Å². The molecule has 20 heavy (non-hydrogen) atoms. The van der Waals surface area contributed by atoms with Crippen molar-refractivity contribution < 1.29 is 8.42 Å². The largest absolute Gasteiger partial charge is 0.319 e. The highest BCUT2D eigenvalue weighted by Gasteiger charge is 2.34. The number of nitrogens with zero attached hydrogens (tertiary/aromatic N) is 2. The molecule has 2 fully saturated rings. The molecular formula is C13H28ClN3O2S. The van der Waals surface area contributed by atoms with Gasteiger partial charge in [-0.3, -0.25) is 0 Å². The van der Waals surface area contributed by atoms with E-state index in [9.17, 15) is 8.42 Å². The number of rotatable bonds is 4. The molecule has 0 aliphatic carbocycles. The molecule has 120 valence electrons. The van der Waals surface area contributed by atoms with Crippen LogP contribution >= 0.6 is 12.4 Å². The topological polar surface area (TPSA) is 52.7 Å². The van der Waals surface area contributed by atoms with Gasteiger partial charge in [0.05, 0.1) is 0 Å². The van der Waals surface area contributed by atoms with Gasteiger partial charge in [0, 0.05) is 26.2 Å². The smallest absolute Gasteiger partial charge is 0.281 e. The average molecular weight is 326 g/mol. The minimum absolute atomic E-state index is 0. The van der Waals surface area contributed by atoms with Gasteiger partial charge >= 0.3 is 0 Å². The molecule has 0 amide bonds. The lowest BCUT2D eigenvalue weighted by atomic mass is 10.00. The molecule has 7 heteroatoms. The van der Waals surface area contributed by atoms with E-state index in [1.165, 1.54) is 0 Å². The van der Waals surface area contributed by atoms with Crippen LogP contribution in [-0.4, -0.2) is 56.8 Å². The molecule has 0 aromatic carbocycles. The zero-order chi connectivity index (χ0) is 13.9. The van der Waals surface area contributed by atoms with Crippen molar-refractivity contribution >= 4 is 22.6 Å². The summed E-state index contributed by atoms with van der Waals surface area (Å²) in [5, 5.41) is 3.16. The van der Waals surface area contributed by atoms with Crippen molar-refractivity contribution in [2.75, 3.05) is 39.8 Å². The zero-order valence-electron chi connectivity index (χ0n) is 12.5. The summed E-state index contributed by atoms with van der Waals surface area (Å²) >= 11 is 0. The Kier molecular flexibility index (Phi) is 7.21. The maximum atomic E-state index is 12.6. The molecule has 2 aliphatic heterocycles. The second kappa shape index (κ2) is 7.94.